The first kappa shape index (κ1) is 20.1. The molecule has 2 aliphatic heterocycles. The molecule has 6 nitrogen and oxygen atoms in total. The van der Waals surface area contributed by atoms with Crippen LogP contribution in [-0.2, 0) is 19.5 Å². The Bertz CT molecular complexity index is 1240. The highest BCUT2D eigenvalue weighted by atomic mass is 32.1. The van der Waals surface area contributed by atoms with Crippen LogP contribution in [0.3, 0.4) is 0 Å². The van der Waals surface area contributed by atoms with E-state index >= 15 is 0 Å². The number of nitrogens with two attached hydrogens (primary N) is 1. The minimum atomic E-state index is 0.663. The van der Waals surface area contributed by atoms with Crippen LogP contribution < -0.4 is 10.6 Å². The number of rotatable bonds is 4. The number of hydrogen-bond donors (Lipinski definition) is 1. The predicted molar refractivity (Wildman–Crippen MR) is 133 cm³/mol. The second kappa shape index (κ2) is 8.42. The van der Waals surface area contributed by atoms with Gasteiger partial charge >= 0.3 is 0 Å². The Morgan fingerprint density at radius 3 is 2.66 bits per heavy atom. The minimum Gasteiger partial charge on any atom is -0.375 e. The minimum absolute atomic E-state index is 0.663. The molecule has 0 saturated carbocycles. The molecule has 0 radical (unpaired) electrons. The molecular formula is C24H26N6S2. The van der Waals surface area contributed by atoms with E-state index in [9.17, 15) is 0 Å². The third kappa shape index (κ3) is 3.76. The van der Waals surface area contributed by atoms with E-state index < -0.39 is 0 Å². The van der Waals surface area contributed by atoms with Crippen molar-refractivity contribution in [1.29, 1.82) is 0 Å². The number of likely N-dealkylation sites (tertiary alicyclic amines) is 1. The molecule has 5 heterocycles. The second-order valence-corrected chi connectivity index (χ2v) is 10.6. The lowest BCUT2D eigenvalue weighted by atomic mass is 10.1. The van der Waals surface area contributed by atoms with Gasteiger partial charge in [0, 0.05) is 28.8 Å². The normalized spacial score (nSPS) is 17.1. The Morgan fingerprint density at radius 1 is 0.969 bits per heavy atom. The highest BCUT2D eigenvalue weighted by Gasteiger charge is 2.26. The maximum atomic E-state index is 6.00. The molecule has 0 atom stereocenters. The Balaban J connectivity index is 1.44. The monoisotopic (exact) mass is 462 g/mol. The molecule has 2 aliphatic rings. The summed E-state index contributed by atoms with van der Waals surface area (Å²) in [5.74, 6) is 1.99. The topological polar surface area (TPSA) is 71.2 Å². The molecular weight excluding hydrogens is 436 g/mol. The van der Waals surface area contributed by atoms with Crippen LogP contribution in [0.25, 0.3) is 21.3 Å². The van der Waals surface area contributed by atoms with Gasteiger partial charge in [0.15, 0.2) is 5.13 Å². The number of benzene rings is 1. The van der Waals surface area contributed by atoms with Crippen molar-refractivity contribution in [3.8, 4) is 11.1 Å². The van der Waals surface area contributed by atoms with Gasteiger partial charge in [-0.25, -0.2) is 15.0 Å². The van der Waals surface area contributed by atoms with Gasteiger partial charge in [-0.2, -0.15) is 0 Å². The molecule has 0 bridgehead atoms. The highest BCUT2D eigenvalue weighted by molar-refractivity contribution is 7.17. The number of nitrogen functional groups attached to an aromatic ring is 1. The summed E-state index contributed by atoms with van der Waals surface area (Å²) < 4.78 is 0. The van der Waals surface area contributed by atoms with Crippen molar-refractivity contribution in [2.45, 2.75) is 38.8 Å². The summed E-state index contributed by atoms with van der Waals surface area (Å²) in [6.07, 6.45) is 4.78. The van der Waals surface area contributed by atoms with Gasteiger partial charge in [-0.3, -0.25) is 4.90 Å². The number of piperidine rings is 1. The summed E-state index contributed by atoms with van der Waals surface area (Å²) in [7, 11) is 0. The van der Waals surface area contributed by atoms with E-state index in [0.717, 1.165) is 61.3 Å². The summed E-state index contributed by atoms with van der Waals surface area (Å²) in [4.78, 5) is 22.0. The zero-order valence-electron chi connectivity index (χ0n) is 18.0. The van der Waals surface area contributed by atoms with Gasteiger partial charge < -0.3 is 10.6 Å². The largest absolute Gasteiger partial charge is 0.375 e. The molecule has 0 unspecified atom stereocenters. The molecule has 164 valence electrons. The average molecular weight is 463 g/mol. The van der Waals surface area contributed by atoms with Crippen molar-refractivity contribution in [2.75, 3.05) is 30.3 Å². The van der Waals surface area contributed by atoms with Crippen LogP contribution in [0.15, 0.2) is 35.7 Å². The van der Waals surface area contributed by atoms with E-state index in [0.29, 0.717) is 5.13 Å². The molecule has 8 heteroatoms. The zero-order chi connectivity index (χ0) is 21.5. The molecule has 0 spiro atoms. The van der Waals surface area contributed by atoms with E-state index in [1.165, 1.54) is 40.7 Å². The molecule has 0 aliphatic carbocycles. The van der Waals surface area contributed by atoms with Gasteiger partial charge in [-0.1, -0.05) is 36.8 Å². The van der Waals surface area contributed by atoms with E-state index in [1.807, 2.05) is 0 Å². The van der Waals surface area contributed by atoms with Gasteiger partial charge in [-0.05, 0) is 31.5 Å². The molecule has 32 heavy (non-hydrogen) atoms. The highest BCUT2D eigenvalue weighted by Crippen LogP contribution is 2.40. The fourth-order valence-corrected chi connectivity index (χ4v) is 6.66. The Morgan fingerprint density at radius 2 is 1.81 bits per heavy atom. The van der Waals surface area contributed by atoms with Gasteiger partial charge in [0.2, 0.25) is 0 Å². The first-order chi connectivity index (χ1) is 15.7. The average Bonchev–Trinajstić information content (AvgIpc) is 3.42. The van der Waals surface area contributed by atoms with Crippen LogP contribution in [0.1, 0.15) is 35.7 Å². The van der Waals surface area contributed by atoms with Crippen molar-refractivity contribution in [2.24, 2.45) is 0 Å². The van der Waals surface area contributed by atoms with Crippen molar-refractivity contribution in [3.63, 3.8) is 0 Å². The van der Waals surface area contributed by atoms with Crippen molar-refractivity contribution in [1.82, 2.24) is 19.9 Å². The quantitative estimate of drug-likeness (QED) is 0.463. The third-order valence-electron chi connectivity index (χ3n) is 6.41. The molecule has 2 N–H and O–H groups in total. The third-order valence-corrected chi connectivity index (χ3v) is 8.19. The SMILES string of the molecule is Nc1nc2c(s1)CN(c1nc(CN3CCCCC3)nc3scc(-c4ccccc4)c13)CC2. The number of aromatic nitrogens is 3. The van der Waals surface area contributed by atoms with Crippen molar-refractivity contribution in [3.05, 3.63) is 52.1 Å². The molecule has 3 aromatic heterocycles. The van der Waals surface area contributed by atoms with Crippen LogP contribution in [-0.4, -0.2) is 39.5 Å². The summed E-state index contributed by atoms with van der Waals surface area (Å²) in [5.41, 5.74) is 9.59. The van der Waals surface area contributed by atoms with Gasteiger partial charge in [-0.15, -0.1) is 22.7 Å². The van der Waals surface area contributed by atoms with Crippen LogP contribution in [0, 0.1) is 0 Å². The Labute approximate surface area is 195 Å². The fraction of sp³-hybridized carbons (Fsp3) is 0.375. The van der Waals surface area contributed by atoms with E-state index in [4.69, 9.17) is 15.7 Å². The Hall–Kier alpha value is -2.55. The van der Waals surface area contributed by atoms with Crippen LogP contribution in [0.5, 0.6) is 0 Å². The molecule has 4 aromatic rings. The van der Waals surface area contributed by atoms with E-state index in [1.54, 1.807) is 22.7 Å². The van der Waals surface area contributed by atoms with Gasteiger partial charge in [0.1, 0.15) is 16.5 Å². The lowest BCUT2D eigenvalue weighted by Gasteiger charge is -2.29. The molecule has 0 amide bonds. The molecule has 1 aromatic carbocycles. The number of thiazole rings is 1. The molecule has 1 fully saturated rings. The first-order valence-corrected chi connectivity index (χ1v) is 13.0. The zero-order valence-corrected chi connectivity index (χ0v) is 19.6. The van der Waals surface area contributed by atoms with Crippen LogP contribution >= 0.6 is 22.7 Å². The van der Waals surface area contributed by atoms with Gasteiger partial charge in [0.05, 0.1) is 24.2 Å². The summed E-state index contributed by atoms with van der Waals surface area (Å²) in [5, 5.41) is 4.07. The lowest BCUT2D eigenvalue weighted by Crippen LogP contribution is -2.32. The Kier molecular flexibility index (Phi) is 5.29. The summed E-state index contributed by atoms with van der Waals surface area (Å²) in [6, 6.07) is 10.6. The number of fused-ring (bicyclic) bond motifs is 2. The molecule has 6 rings (SSSR count). The maximum absolute atomic E-state index is 6.00. The van der Waals surface area contributed by atoms with E-state index in [-0.39, 0.29) is 0 Å². The van der Waals surface area contributed by atoms with Crippen molar-refractivity contribution < 1.29 is 0 Å². The molecule has 1 saturated heterocycles. The van der Waals surface area contributed by atoms with Crippen molar-refractivity contribution >= 4 is 43.8 Å². The summed E-state index contributed by atoms with van der Waals surface area (Å²) >= 11 is 3.33. The van der Waals surface area contributed by atoms with Crippen LogP contribution in [0.2, 0.25) is 0 Å². The summed E-state index contributed by atoms with van der Waals surface area (Å²) in [6.45, 7) is 4.82. The standard InChI is InChI=1S/C24H26N6S2/c25-24-26-18-9-12-30(13-19(18)32-24)22-21-17(16-7-3-1-4-8-16)15-31-23(21)28-20(27-22)14-29-10-5-2-6-11-29/h1,3-4,7-8,15H,2,5-6,9-14H2,(H2,25,26). The predicted octanol–water partition coefficient (Wildman–Crippen LogP) is 4.95. The maximum Gasteiger partial charge on any atom is 0.180 e. The number of nitrogens with zero attached hydrogens (tertiary/aromatic N) is 5. The number of thiophene rings is 1. The van der Waals surface area contributed by atoms with Crippen LogP contribution in [0.4, 0.5) is 10.9 Å². The number of hydrogen-bond acceptors (Lipinski definition) is 8. The number of anilines is 2. The second-order valence-electron chi connectivity index (χ2n) is 8.59. The first-order valence-electron chi connectivity index (χ1n) is 11.3. The lowest BCUT2D eigenvalue weighted by molar-refractivity contribution is 0.216. The smallest absolute Gasteiger partial charge is 0.180 e. The van der Waals surface area contributed by atoms with E-state index in [2.05, 4.69) is 50.5 Å². The van der Waals surface area contributed by atoms with Gasteiger partial charge in [0.25, 0.3) is 0 Å². The fourth-order valence-electron chi connectivity index (χ4n) is 4.81.